The summed E-state index contributed by atoms with van der Waals surface area (Å²) < 4.78 is 47.8. The summed E-state index contributed by atoms with van der Waals surface area (Å²) in [6.07, 6.45) is -2.20. The summed E-state index contributed by atoms with van der Waals surface area (Å²) in [6, 6.07) is 3.11. The second kappa shape index (κ2) is 6.53. The van der Waals surface area contributed by atoms with Gasteiger partial charge < -0.3 is 25.0 Å². The van der Waals surface area contributed by atoms with Crippen LogP contribution in [0.4, 0.5) is 24.5 Å². The largest absolute Gasteiger partial charge is 0.491 e. The lowest BCUT2D eigenvalue weighted by Crippen LogP contribution is -2.62. The van der Waals surface area contributed by atoms with Crippen LogP contribution in [0.3, 0.4) is 0 Å². The number of ether oxygens (including phenoxy) is 2. The minimum absolute atomic E-state index is 0.0684. The van der Waals surface area contributed by atoms with Gasteiger partial charge in [0, 0.05) is 25.2 Å². The fourth-order valence-corrected chi connectivity index (χ4v) is 3.72. The van der Waals surface area contributed by atoms with Gasteiger partial charge in [-0.05, 0) is 38.4 Å². The minimum atomic E-state index is -5.10. The first kappa shape index (κ1) is 18.6. The van der Waals surface area contributed by atoms with Gasteiger partial charge in [0.15, 0.2) is 11.5 Å². The first-order valence-corrected chi connectivity index (χ1v) is 8.39. The standard InChI is InChI=1S/C17H22F3N3O3/c1-22-8-5-16(22)6-9-23(10-7-16)12-4-3-11(21)13(25-2)14(12)26-15(24)17(18,19)20/h3-4H,5-10,21H2,1-2H3. The number of halogens is 3. The van der Waals surface area contributed by atoms with Gasteiger partial charge in [0.25, 0.3) is 0 Å². The van der Waals surface area contributed by atoms with E-state index in [2.05, 4.69) is 16.7 Å². The quantitative estimate of drug-likeness (QED) is 0.499. The van der Waals surface area contributed by atoms with Crippen molar-refractivity contribution in [2.45, 2.75) is 31.0 Å². The van der Waals surface area contributed by atoms with Gasteiger partial charge in [-0.1, -0.05) is 0 Å². The summed E-state index contributed by atoms with van der Waals surface area (Å²) in [4.78, 5) is 15.6. The molecule has 144 valence electrons. The Hall–Kier alpha value is -2.16. The van der Waals surface area contributed by atoms with Crippen LogP contribution < -0.4 is 20.1 Å². The van der Waals surface area contributed by atoms with Crippen molar-refractivity contribution in [3.63, 3.8) is 0 Å². The molecule has 2 heterocycles. The Bertz CT molecular complexity index is 700. The molecule has 2 aliphatic rings. The molecule has 1 aromatic rings. The third-order valence-electron chi connectivity index (χ3n) is 5.51. The zero-order chi connectivity index (χ0) is 19.1. The minimum Gasteiger partial charge on any atom is -0.491 e. The van der Waals surface area contributed by atoms with E-state index in [4.69, 9.17) is 10.5 Å². The highest BCUT2D eigenvalue weighted by atomic mass is 19.4. The molecule has 2 fully saturated rings. The number of methoxy groups -OCH3 is 1. The predicted octanol–water partition coefficient (Wildman–Crippen LogP) is 2.42. The average molecular weight is 373 g/mol. The normalized spacial score (nSPS) is 20.0. The first-order valence-electron chi connectivity index (χ1n) is 8.39. The van der Waals surface area contributed by atoms with E-state index in [-0.39, 0.29) is 22.7 Å². The Balaban J connectivity index is 1.88. The third kappa shape index (κ3) is 3.15. The summed E-state index contributed by atoms with van der Waals surface area (Å²) in [5, 5.41) is 0. The molecule has 2 saturated heterocycles. The highest BCUT2D eigenvalue weighted by Crippen LogP contribution is 2.46. The molecule has 2 N–H and O–H groups in total. The predicted molar refractivity (Wildman–Crippen MR) is 90.5 cm³/mol. The van der Waals surface area contributed by atoms with E-state index in [0.717, 1.165) is 25.8 Å². The molecule has 26 heavy (non-hydrogen) atoms. The molecule has 0 unspecified atom stereocenters. The number of carbonyl (C=O) groups is 1. The molecule has 0 aliphatic carbocycles. The SMILES string of the molecule is COc1c(N)ccc(N2CCC3(CC2)CCN3C)c1OC(=O)C(F)(F)F. The molecular weight excluding hydrogens is 351 g/mol. The van der Waals surface area contributed by atoms with Gasteiger partial charge in [-0.15, -0.1) is 0 Å². The lowest BCUT2D eigenvalue weighted by molar-refractivity contribution is -0.189. The molecule has 0 saturated carbocycles. The fourth-order valence-electron chi connectivity index (χ4n) is 3.72. The maximum absolute atomic E-state index is 12.7. The maximum Gasteiger partial charge on any atom is 0.491 e. The summed E-state index contributed by atoms with van der Waals surface area (Å²) in [5.74, 6) is -2.65. The number of esters is 1. The van der Waals surface area contributed by atoms with Gasteiger partial charge in [-0.25, -0.2) is 4.79 Å². The Labute approximate surface area is 149 Å². The molecular formula is C17H22F3N3O3. The molecule has 2 aliphatic heterocycles. The lowest BCUT2D eigenvalue weighted by atomic mass is 9.77. The fraction of sp³-hybridized carbons (Fsp3) is 0.588. The van der Waals surface area contributed by atoms with Crippen LogP contribution in [0, 0.1) is 0 Å². The van der Waals surface area contributed by atoms with Gasteiger partial charge in [-0.2, -0.15) is 13.2 Å². The van der Waals surface area contributed by atoms with Gasteiger partial charge >= 0.3 is 12.1 Å². The van der Waals surface area contributed by atoms with Crippen molar-refractivity contribution in [3.8, 4) is 11.5 Å². The number of rotatable bonds is 3. The van der Waals surface area contributed by atoms with Crippen LogP contribution in [0.2, 0.25) is 0 Å². The maximum atomic E-state index is 12.7. The molecule has 0 radical (unpaired) electrons. The van der Waals surface area contributed by atoms with Crippen molar-refractivity contribution in [2.75, 3.05) is 44.4 Å². The Morgan fingerprint density at radius 2 is 1.77 bits per heavy atom. The zero-order valence-corrected chi connectivity index (χ0v) is 14.7. The lowest BCUT2D eigenvalue weighted by Gasteiger charge is -2.55. The van der Waals surface area contributed by atoms with Gasteiger partial charge in [0.1, 0.15) is 0 Å². The molecule has 9 heteroatoms. The number of nitrogen functional groups attached to an aromatic ring is 1. The molecule has 3 rings (SSSR count). The topological polar surface area (TPSA) is 68.0 Å². The van der Waals surface area contributed by atoms with Crippen molar-refractivity contribution >= 4 is 17.3 Å². The summed E-state index contributed by atoms with van der Waals surface area (Å²) in [5.41, 5.74) is 6.45. The first-order chi connectivity index (χ1) is 12.2. The summed E-state index contributed by atoms with van der Waals surface area (Å²) >= 11 is 0. The van der Waals surface area contributed by atoms with Crippen LogP contribution >= 0.6 is 0 Å². The van der Waals surface area contributed by atoms with E-state index in [1.54, 1.807) is 12.1 Å². The number of piperidine rings is 1. The number of nitrogens with zero attached hydrogens (tertiary/aromatic N) is 2. The molecule has 0 amide bonds. The highest BCUT2D eigenvalue weighted by molar-refractivity contribution is 5.83. The Morgan fingerprint density at radius 3 is 2.23 bits per heavy atom. The van der Waals surface area contributed by atoms with Crippen LogP contribution in [-0.4, -0.2) is 56.4 Å². The number of anilines is 2. The molecule has 6 nitrogen and oxygen atoms in total. The molecule has 1 aromatic carbocycles. The van der Waals surface area contributed by atoms with Crippen LogP contribution in [0.15, 0.2) is 12.1 Å². The number of nitrogens with two attached hydrogens (primary N) is 1. The van der Waals surface area contributed by atoms with E-state index >= 15 is 0 Å². The average Bonchev–Trinajstić information content (AvgIpc) is 2.60. The van der Waals surface area contributed by atoms with Crippen molar-refractivity contribution in [1.82, 2.24) is 4.90 Å². The van der Waals surface area contributed by atoms with Crippen molar-refractivity contribution in [1.29, 1.82) is 0 Å². The van der Waals surface area contributed by atoms with Gasteiger partial charge in [0.2, 0.25) is 0 Å². The van der Waals surface area contributed by atoms with Crippen LogP contribution in [0.1, 0.15) is 19.3 Å². The van der Waals surface area contributed by atoms with Crippen LogP contribution in [0.25, 0.3) is 0 Å². The monoisotopic (exact) mass is 373 g/mol. The number of likely N-dealkylation sites (tertiary alicyclic amines) is 1. The molecule has 0 bridgehead atoms. The molecule has 0 aromatic heterocycles. The molecule has 1 spiro atoms. The van der Waals surface area contributed by atoms with E-state index in [1.165, 1.54) is 7.11 Å². The second-order valence-electron chi connectivity index (χ2n) is 6.81. The number of alkyl halides is 3. The number of benzene rings is 1. The summed E-state index contributed by atoms with van der Waals surface area (Å²) in [7, 11) is 3.36. The number of hydrogen-bond acceptors (Lipinski definition) is 6. The Kier molecular flexibility index (Phi) is 4.68. The van der Waals surface area contributed by atoms with Gasteiger partial charge in [-0.3, -0.25) is 0 Å². The van der Waals surface area contributed by atoms with Crippen molar-refractivity contribution in [2.24, 2.45) is 0 Å². The highest BCUT2D eigenvalue weighted by Gasteiger charge is 2.45. The zero-order valence-electron chi connectivity index (χ0n) is 14.7. The smallest absolute Gasteiger partial charge is 0.491 e. The number of hydrogen-bond donors (Lipinski definition) is 1. The summed E-state index contributed by atoms with van der Waals surface area (Å²) in [6.45, 7) is 2.35. The van der Waals surface area contributed by atoms with E-state index in [0.29, 0.717) is 18.8 Å². The van der Waals surface area contributed by atoms with Crippen molar-refractivity contribution < 1.29 is 27.4 Å². The molecule has 0 atom stereocenters. The number of carbonyl (C=O) groups excluding carboxylic acids is 1. The van der Waals surface area contributed by atoms with Gasteiger partial charge in [0.05, 0.1) is 18.5 Å². The van der Waals surface area contributed by atoms with Crippen LogP contribution in [-0.2, 0) is 4.79 Å². The van der Waals surface area contributed by atoms with E-state index in [9.17, 15) is 18.0 Å². The van der Waals surface area contributed by atoms with Crippen LogP contribution in [0.5, 0.6) is 11.5 Å². The van der Waals surface area contributed by atoms with E-state index < -0.39 is 12.1 Å². The Morgan fingerprint density at radius 1 is 1.15 bits per heavy atom. The van der Waals surface area contributed by atoms with E-state index in [1.807, 2.05) is 4.90 Å². The van der Waals surface area contributed by atoms with Crippen molar-refractivity contribution in [3.05, 3.63) is 12.1 Å². The second-order valence-corrected chi connectivity index (χ2v) is 6.81. The third-order valence-corrected chi connectivity index (χ3v) is 5.51.